The summed E-state index contributed by atoms with van der Waals surface area (Å²) < 4.78 is 38.9. The lowest BCUT2D eigenvalue weighted by Gasteiger charge is -2.26. The zero-order valence-corrected chi connectivity index (χ0v) is 22.0. The Kier molecular flexibility index (Phi) is 8.28. The van der Waals surface area contributed by atoms with Gasteiger partial charge in [-0.3, -0.25) is 9.48 Å². The standard InChI is InChI=1S/C25H27ClN4O6S/c1-17-24(18(2)30(28-17)15-19-5-3-4-6-22(19)26)25(32)36-16-23(31)27-20-7-9-21(10-8-20)37(33,34)29-11-13-35-14-12-29/h3-10H,11-16H2,1-2H3,(H,27,31). The zero-order valence-electron chi connectivity index (χ0n) is 20.4. The monoisotopic (exact) mass is 546 g/mol. The molecule has 0 aliphatic carbocycles. The summed E-state index contributed by atoms with van der Waals surface area (Å²) >= 11 is 6.24. The Hall–Kier alpha value is -3.25. The zero-order chi connectivity index (χ0) is 26.6. The third-order valence-corrected chi connectivity index (χ3v) is 8.23. The Balaban J connectivity index is 1.34. The lowest BCUT2D eigenvalue weighted by molar-refractivity contribution is -0.119. The number of amides is 1. The van der Waals surface area contributed by atoms with Crippen molar-refractivity contribution in [2.24, 2.45) is 0 Å². The van der Waals surface area contributed by atoms with Crippen LogP contribution >= 0.6 is 11.6 Å². The second-order valence-corrected chi connectivity index (χ2v) is 10.8. The smallest absolute Gasteiger partial charge is 0.342 e. The molecule has 0 spiro atoms. The number of carbonyl (C=O) groups excluding carboxylic acids is 2. The molecule has 1 N–H and O–H groups in total. The van der Waals surface area contributed by atoms with Gasteiger partial charge in [-0.25, -0.2) is 13.2 Å². The van der Waals surface area contributed by atoms with E-state index >= 15 is 0 Å². The van der Waals surface area contributed by atoms with Gasteiger partial charge in [0, 0.05) is 23.8 Å². The van der Waals surface area contributed by atoms with Crippen LogP contribution < -0.4 is 5.32 Å². The number of sulfonamides is 1. The maximum absolute atomic E-state index is 12.7. The first kappa shape index (κ1) is 26.8. The van der Waals surface area contributed by atoms with Gasteiger partial charge in [0.1, 0.15) is 5.56 Å². The molecule has 0 atom stereocenters. The molecular weight excluding hydrogens is 520 g/mol. The van der Waals surface area contributed by atoms with E-state index in [4.69, 9.17) is 21.1 Å². The largest absolute Gasteiger partial charge is 0.452 e. The highest BCUT2D eigenvalue weighted by Gasteiger charge is 2.26. The van der Waals surface area contributed by atoms with E-state index in [1.54, 1.807) is 24.6 Å². The van der Waals surface area contributed by atoms with Gasteiger partial charge >= 0.3 is 5.97 Å². The molecule has 12 heteroatoms. The minimum atomic E-state index is -3.63. The van der Waals surface area contributed by atoms with Crippen molar-refractivity contribution in [2.45, 2.75) is 25.3 Å². The molecule has 1 aliphatic heterocycles. The summed E-state index contributed by atoms with van der Waals surface area (Å²) in [5.74, 6) is -1.22. The van der Waals surface area contributed by atoms with Crippen molar-refractivity contribution in [1.29, 1.82) is 0 Å². The average Bonchev–Trinajstić information content (AvgIpc) is 3.17. The van der Waals surface area contributed by atoms with Crippen LogP contribution in [-0.4, -0.2) is 67.3 Å². The van der Waals surface area contributed by atoms with Crippen LogP contribution in [0.25, 0.3) is 0 Å². The number of carbonyl (C=O) groups is 2. The number of esters is 1. The van der Waals surface area contributed by atoms with Crippen LogP contribution in [0.1, 0.15) is 27.3 Å². The maximum atomic E-state index is 12.7. The number of hydrogen-bond acceptors (Lipinski definition) is 7. The predicted octanol–water partition coefficient (Wildman–Crippen LogP) is 3.02. The second-order valence-electron chi connectivity index (χ2n) is 8.46. The van der Waals surface area contributed by atoms with Crippen molar-refractivity contribution >= 4 is 39.2 Å². The fourth-order valence-electron chi connectivity index (χ4n) is 3.98. The van der Waals surface area contributed by atoms with Crippen molar-refractivity contribution in [3.05, 3.63) is 76.1 Å². The number of benzene rings is 2. The summed E-state index contributed by atoms with van der Waals surface area (Å²) in [6.45, 7) is 4.62. The van der Waals surface area contributed by atoms with E-state index in [0.717, 1.165) is 5.56 Å². The van der Waals surface area contributed by atoms with Gasteiger partial charge in [-0.05, 0) is 49.7 Å². The normalized spacial score (nSPS) is 14.4. The molecule has 0 unspecified atom stereocenters. The minimum Gasteiger partial charge on any atom is -0.452 e. The summed E-state index contributed by atoms with van der Waals surface area (Å²) in [6, 6.07) is 13.2. The highest BCUT2D eigenvalue weighted by atomic mass is 35.5. The molecule has 2 aromatic carbocycles. The summed E-state index contributed by atoms with van der Waals surface area (Å²) in [6.07, 6.45) is 0. The second kappa shape index (κ2) is 11.4. The third-order valence-electron chi connectivity index (χ3n) is 5.94. The van der Waals surface area contributed by atoms with Crippen LogP contribution in [0.15, 0.2) is 53.4 Å². The van der Waals surface area contributed by atoms with Crippen LogP contribution in [0.3, 0.4) is 0 Å². The number of nitrogens with zero attached hydrogens (tertiary/aromatic N) is 3. The van der Waals surface area contributed by atoms with Gasteiger partial charge in [0.15, 0.2) is 6.61 Å². The highest BCUT2D eigenvalue weighted by molar-refractivity contribution is 7.89. The number of anilines is 1. The topological polar surface area (TPSA) is 120 Å². The van der Waals surface area contributed by atoms with Gasteiger partial charge in [0.05, 0.1) is 36.0 Å². The first-order valence-corrected chi connectivity index (χ1v) is 13.4. The van der Waals surface area contributed by atoms with Crippen LogP contribution in [-0.2, 0) is 30.8 Å². The molecule has 196 valence electrons. The Labute approximate surface area is 220 Å². The van der Waals surface area contributed by atoms with Gasteiger partial charge in [-0.2, -0.15) is 9.40 Å². The molecule has 1 fully saturated rings. The molecule has 0 radical (unpaired) electrons. The van der Waals surface area contributed by atoms with E-state index in [9.17, 15) is 18.0 Å². The van der Waals surface area contributed by atoms with E-state index in [2.05, 4.69) is 10.4 Å². The average molecular weight is 547 g/mol. The van der Waals surface area contributed by atoms with Crippen LogP contribution in [0.2, 0.25) is 5.02 Å². The fourth-order valence-corrected chi connectivity index (χ4v) is 5.58. The number of halogens is 1. The molecule has 4 rings (SSSR count). The van der Waals surface area contributed by atoms with Gasteiger partial charge in [-0.15, -0.1) is 0 Å². The van der Waals surface area contributed by atoms with Crippen molar-refractivity contribution in [2.75, 3.05) is 38.2 Å². The minimum absolute atomic E-state index is 0.124. The fraction of sp³-hybridized carbons (Fsp3) is 0.320. The number of ether oxygens (including phenoxy) is 2. The molecule has 1 aromatic heterocycles. The number of aromatic nitrogens is 2. The van der Waals surface area contributed by atoms with E-state index in [1.165, 1.54) is 28.6 Å². The lowest BCUT2D eigenvalue weighted by Crippen LogP contribution is -2.40. The first-order valence-electron chi connectivity index (χ1n) is 11.6. The summed E-state index contributed by atoms with van der Waals surface area (Å²) in [4.78, 5) is 25.2. The molecule has 1 aliphatic rings. The van der Waals surface area contributed by atoms with E-state index in [0.29, 0.717) is 54.9 Å². The molecular formula is C25H27ClN4O6S. The van der Waals surface area contributed by atoms with Gasteiger partial charge in [-0.1, -0.05) is 29.8 Å². The predicted molar refractivity (Wildman–Crippen MR) is 137 cm³/mol. The summed E-state index contributed by atoms with van der Waals surface area (Å²) in [5, 5.41) is 7.62. The molecule has 37 heavy (non-hydrogen) atoms. The molecule has 10 nitrogen and oxygen atoms in total. The van der Waals surface area contributed by atoms with Gasteiger partial charge < -0.3 is 14.8 Å². The lowest BCUT2D eigenvalue weighted by atomic mass is 10.2. The summed E-state index contributed by atoms with van der Waals surface area (Å²) in [7, 11) is -3.63. The maximum Gasteiger partial charge on any atom is 0.342 e. The molecule has 1 amide bonds. The number of aryl methyl sites for hydroxylation is 1. The quantitative estimate of drug-likeness (QED) is 0.431. The van der Waals surface area contributed by atoms with Crippen molar-refractivity contribution in [3.63, 3.8) is 0 Å². The van der Waals surface area contributed by atoms with Crippen molar-refractivity contribution in [3.8, 4) is 0 Å². The molecule has 1 saturated heterocycles. The van der Waals surface area contributed by atoms with Gasteiger partial charge in [0.2, 0.25) is 10.0 Å². The summed E-state index contributed by atoms with van der Waals surface area (Å²) in [5.41, 5.74) is 2.60. The van der Waals surface area contributed by atoms with Crippen LogP contribution in [0.5, 0.6) is 0 Å². The highest BCUT2D eigenvalue weighted by Crippen LogP contribution is 2.21. The Morgan fingerprint density at radius 3 is 2.43 bits per heavy atom. The first-order chi connectivity index (χ1) is 17.7. The number of morpholine rings is 1. The molecule has 0 saturated carbocycles. The molecule has 0 bridgehead atoms. The van der Waals surface area contributed by atoms with Crippen LogP contribution in [0, 0.1) is 13.8 Å². The third kappa shape index (κ3) is 6.19. The number of rotatable bonds is 8. The van der Waals surface area contributed by atoms with Crippen LogP contribution in [0.4, 0.5) is 5.69 Å². The number of hydrogen-bond donors (Lipinski definition) is 1. The number of nitrogens with one attached hydrogen (secondary N) is 1. The van der Waals surface area contributed by atoms with Gasteiger partial charge in [0.25, 0.3) is 5.91 Å². The SMILES string of the molecule is Cc1nn(Cc2ccccc2Cl)c(C)c1C(=O)OCC(=O)Nc1ccc(S(=O)(=O)N2CCOCC2)cc1. The molecule has 3 aromatic rings. The van der Waals surface area contributed by atoms with Crippen molar-refractivity contribution < 1.29 is 27.5 Å². The van der Waals surface area contributed by atoms with E-state index < -0.39 is 28.5 Å². The Bertz CT molecular complexity index is 1400. The van der Waals surface area contributed by atoms with E-state index in [1.807, 2.05) is 18.2 Å². The molecule has 2 heterocycles. The van der Waals surface area contributed by atoms with Crippen molar-refractivity contribution in [1.82, 2.24) is 14.1 Å². The van der Waals surface area contributed by atoms with E-state index in [-0.39, 0.29) is 10.5 Å². The Morgan fingerprint density at radius 2 is 1.76 bits per heavy atom. The Morgan fingerprint density at radius 1 is 1.08 bits per heavy atom.